The zero-order chi connectivity index (χ0) is 13.4. The lowest BCUT2D eigenvalue weighted by atomic mass is 10.0. The number of ether oxygens (including phenoxy) is 1. The van der Waals surface area contributed by atoms with Gasteiger partial charge in [-0.2, -0.15) is 0 Å². The van der Waals surface area contributed by atoms with E-state index >= 15 is 0 Å². The summed E-state index contributed by atoms with van der Waals surface area (Å²) in [6.07, 6.45) is 2.29. The highest BCUT2D eigenvalue weighted by Crippen LogP contribution is 2.24. The molecule has 0 aromatic heterocycles. The first-order chi connectivity index (χ1) is 8.65. The molecule has 0 amide bonds. The summed E-state index contributed by atoms with van der Waals surface area (Å²) in [4.78, 5) is 0. The summed E-state index contributed by atoms with van der Waals surface area (Å²) >= 11 is 0. The summed E-state index contributed by atoms with van der Waals surface area (Å²) in [7, 11) is 0. The van der Waals surface area contributed by atoms with Crippen molar-refractivity contribution in [2.24, 2.45) is 0 Å². The molecule has 0 bridgehead atoms. The van der Waals surface area contributed by atoms with E-state index in [4.69, 9.17) is 4.74 Å². The molecule has 1 rings (SSSR count). The van der Waals surface area contributed by atoms with Crippen molar-refractivity contribution in [3.63, 3.8) is 0 Å². The van der Waals surface area contributed by atoms with E-state index in [9.17, 15) is 5.11 Å². The van der Waals surface area contributed by atoms with Crippen LogP contribution in [-0.4, -0.2) is 24.9 Å². The third kappa shape index (κ3) is 5.07. The first-order valence-electron chi connectivity index (χ1n) is 6.75. The van der Waals surface area contributed by atoms with Gasteiger partial charge >= 0.3 is 0 Å². The van der Waals surface area contributed by atoms with Crippen LogP contribution in [0.1, 0.15) is 43.9 Å². The second kappa shape index (κ2) is 8.11. The maximum Gasteiger partial charge on any atom is 0.120 e. The molecule has 0 fully saturated rings. The summed E-state index contributed by atoms with van der Waals surface area (Å²) in [5.74, 6) is 0.354. The number of nitrogens with one attached hydrogen (secondary N) is 1. The molecule has 102 valence electrons. The Morgan fingerprint density at radius 1 is 1.33 bits per heavy atom. The highest BCUT2D eigenvalue weighted by molar-refractivity contribution is 5.37. The molecule has 1 aromatic rings. The van der Waals surface area contributed by atoms with Crippen LogP contribution in [0, 0.1) is 6.92 Å². The van der Waals surface area contributed by atoms with Gasteiger partial charge in [0.25, 0.3) is 0 Å². The van der Waals surface area contributed by atoms with Crippen molar-refractivity contribution in [3.05, 3.63) is 29.3 Å². The van der Waals surface area contributed by atoms with E-state index in [0.29, 0.717) is 5.75 Å². The van der Waals surface area contributed by atoms with Gasteiger partial charge in [-0.15, -0.1) is 0 Å². The zero-order valence-electron chi connectivity index (χ0n) is 11.7. The quantitative estimate of drug-likeness (QED) is 0.697. The van der Waals surface area contributed by atoms with Crippen LogP contribution < -0.4 is 5.32 Å². The van der Waals surface area contributed by atoms with Crippen LogP contribution in [0.25, 0.3) is 0 Å². The fourth-order valence-corrected chi connectivity index (χ4v) is 1.83. The molecule has 2 N–H and O–H groups in total. The van der Waals surface area contributed by atoms with Gasteiger partial charge in [0.05, 0.1) is 6.61 Å². The predicted octanol–water partition coefficient (Wildman–Crippen LogP) is 3.17. The monoisotopic (exact) mass is 251 g/mol. The minimum absolute atomic E-state index is 0.139. The Bertz CT molecular complexity index is 352. The van der Waals surface area contributed by atoms with E-state index < -0.39 is 0 Å². The lowest BCUT2D eigenvalue weighted by Crippen LogP contribution is -2.23. The van der Waals surface area contributed by atoms with Gasteiger partial charge in [-0.3, -0.25) is 0 Å². The Morgan fingerprint density at radius 3 is 2.83 bits per heavy atom. The van der Waals surface area contributed by atoms with Gasteiger partial charge in [0, 0.05) is 24.8 Å². The van der Waals surface area contributed by atoms with Crippen molar-refractivity contribution in [2.75, 3.05) is 19.8 Å². The van der Waals surface area contributed by atoms with Gasteiger partial charge in [0.1, 0.15) is 5.75 Å². The number of rotatable bonds is 8. The van der Waals surface area contributed by atoms with Crippen molar-refractivity contribution in [2.45, 2.75) is 39.7 Å². The molecule has 1 aromatic carbocycles. The number of phenolic OH excluding ortho intramolecular Hbond substituents is 1. The number of hydrogen-bond donors (Lipinski definition) is 2. The fraction of sp³-hybridized carbons (Fsp3) is 0.600. The van der Waals surface area contributed by atoms with Crippen molar-refractivity contribution in [1.82, 2.24) is 5.32 Å². The number of aryl methyl sites for hydroxylation is 1. The molecule has 0 aliphatic heterocycles. The first kappa shape index (κ1) is 15.0. The van der Waals surface area contributed by atoms with Crippen molar-refractivity contribution < 1.29 is 9.84 Å². The third-order valence-electron chi connectivity index (χ3n) is 2.99. The topological polar surface area (TPSA) is 41.5 Å². The molecule has 0 aliphatic rings. The number of aromatic hydroxyl groups is 1. The molecule has 18 heavy (non-hydrogen) atoms. The van der Waals surface area contributed by atoms with Crippen LogP contribution in [0.15, 0.2) is 18.2 Å². The molecule has 3 nitrogen and oxygen atoms in total. The van der Waals surface area contributed by atoms with Gasteiger partial charge in [0.15, 0.2) is 0 Å². The standard InChI is InChI=1S/C15H25NO2/c1-4-5-9-18-10-8-16-13(3)14-11-12(2)6-7-15(14)17/h6-7,11,13,16-17H,4-5,8-10H2,1-3H3. The van der Waals surface area contributed by atoms with Crippen LogP contribution in [0.3, 0.4) is 0 Å². The SMILES string of the molecule is CCCCOCCNC(C)c1cc(C)ccc1O. The highest BCUT2D eigenvalue weighted by atomic mass is 16.5. The number of benzene rings is 1. The van der Waals surface area contributed by atoms with Gasteiger partial charge in [-0.1, -0.05) is 31.0 Å². The van der Waals surface area contributed by atoms with Crippen LogP contribution >= 0.6 is 0 Å². The largest absolute Gasteiger partial charge is 0.508 e. The molecule has 0 saturated heterocycles. The molecule has 1 unspecified atom stereocenters. The maximum absolute atomic E-state index is 9.81. The molecule has 1 atom stereocenters. The molecule has 0 heterocycles. The fourth-order valence-electron chi connectivity index (χ4n) is 1.83. The molecule has 0 saturated carbocycles. The van der Waals surface area contributed by atoms with Crippen LogP contribution in [0.5, 0.6) is 5.75 Å². The predicted molar refractivity (Wildman–Crippen MR) is 75.0 cm³/mol. The zero-order valence-corrected chi connectivity index (χ0v) is 11.7. The summed E-state index contributed by atoms with van der Waals surface area (Å²) in [5, 5.41) is 13.2. The van der Waals surface area contributed by atoms with Crippen LogP contribution in [0.2, 0.25) is 0 Å². The lowest BCUT2D eigenvalue weighted by molar-refractivity contribution is 0.131. The van der Waals surface area contributed by atoms with E-state index in [0.717, 1.165) is 37.3 Å². The molecule has 0 aliphatic carbocycles. The summed E-state index contributed by atoms with van der Waals surface area (Å²) in [6.45, 7) is 8.60. The minimum Gasteiger partial charge on any atom is -0.508 e. The average Bonchev–Trinajstić information content (AvgIpc) is 2.36. The number of hydrogen-bond acceptors (Lipinski definition) is 3. The summed E-state index contributed by atoms with van der Waals surface area (Å²) < 4.78 is 5.49. The van der Waals surface area contributed by atoms with E-state index in [-0.39, 0.29) is 6.04 Å². The molecular formula is C15H25NO2. The van der Waals surface area contributed by atoms with Crippen molar-refractivity contribution in [1.29, 1.82) is 0 Å². The maximum atomic E-state index is 9.81. The Labute approximate surface area is 110 Å². The Morgan fingerprint density at radius 2 is 2.11 bits per heavy atom. The lowest BCUT2D eigenvalue weighted by Gasteiger charge is -2.16. The summed E-state index contributed by atoms with van der Waals surface area (Å²) in [5.41, 5.74) is 2.11. The van der Waals surface area contributed by atoms with E-state index in [1.54, 1.807) is 6.07 Å². The summed E-state index contributed by atoms with van der Waals surface area (Å²) in [6, 6.07) is 5.82. The Balaban J connectivity index is 2.31. The van der Waals surface area contributed by atoms with Crippen LogP contribution in [0.4, 0.5) is 0 Å². The van der Waals surface area contributed by atoms with Crippen molar-refractivity contribution in [3.8, 4) is 5.75 Å². The third-order valence-corrected chi connectivity index (χ3v) is 2.99. The second-order valence-electron chi connectivity index (χ2n) is 4.70. The number of phenols is 1. The molecule has 3 heteroatoms. The Kier molecular flexibility index (Phi) is 6.76. The second-order valence-corrected chi connectivity index (χ2v) is 4.70. The molecule has 0 radical (unpaired) electrons. The average molecular weight is 251 g/mol. The highest BCUT2D eigenvalue weighted by Gasteiger charge is 2.09. The van der Waals surface area contributed by atoms with Gasteiger partial charge in [-0.25, -0.2) is 0 Å². The number of unbranched alkanes of at least 4 members (excludes halogenated alkanes) is 1. The normalized spacial score (nSPS) is 12.6. The van der Waals surface area contributed by atoms with E-state index in [1.807, 2.05) is 19.1 Å². The van der Waals surface area contributed by atoms with E-state index in [1.165, 1.54) is 6.42 Å². The minimum atomic E-state index is 0.139. The van der Waals surface area contributed by atoms with Gasteiger partial charge in [-0.05, 0) is 26.3 Å². The first-order valence-corrected chi connectivity index (χ1v) is 6.75. The molecule has 0 spiro atoms. The molecular weight excluding hydrogens is 226 g/mol. The Hall–Kier alpha value is -1.06. The van der Waals surface area contributed by atoms with Gasteiger partial charge in [0.2, 0.25) is 0 Å². The van der Waals surface area contributed by atoms with Gasteiger partial charge < -0.3 is 15.2 Å². The van der Waals surface area contributed by atoms with E-state index in [2.05, 4.69) is 19.2 Å². The van der Waals surface area contributed by atoms with Crippen molar-refractivity contribution >= 4 is 0 Å². The van der Waals surface area contributed by atoms with Crippen LogP contribution in [-0.2, 0) is 4.74 Å². The smallest absolute Gasteiger partial charge is 0.120 e.